The molecular formula is C16H16N2O4. The summed E-state index contributed by atoms with van der Waals surface area (Å²) in [4.78, 5) is 23.3. The van der Waals surface area contributed by atoms with Gasteiger partial charge in [-0.15, -0.1) is 0 Å². The van der Waals surface area contributed by atoms with Crippen LogP contribution in [0.3, 0.4) is 0 Å². The number of rotatable bonds is 4. The quantitative estimate of drug-likeness (QED) is 0.669. The van der Waals surface area contributed by atoms with Gasteiger partial charge in [-0.2, -0.15) is 0 Å². The molecule has 6 nitrogen and oxygen atoms in total. The number of aryl methyl sites for hydroxylation is 1. The van der Waals surface area contributed by atoms with Crippen LogP contribution in [0.1, 0.15) is 21.7 Å². The molecule has 114 valence electrons. The lowest BCUT2D eigenvalue weighted by atomic mass is 10.1. The second-order valence-electron chi connectivity index (χ2n) is 4.50. The van der Waals surface area contributed by atoms with E-state index in [1.165, 1.54) is 18.4 Å². The predicted molar refractivity (Wildman–Crippen MR) is 81.1 cm³/mol. The summed E-state index contributed by atoms with van der Waals surface area (Å²) >= 11 is 0. The Kier molecular flexibility index (Phi) is 4.98. The molecule has 0 aliphatic carbocycles. The number of carbonyl (C=O) groups excluding carboxylic acids is 2. The zero-order valence-electron chi connectivity index (χ0n) is 12.3. The van der Waals surface area contributed by atoms with E-state index in [0.29, 0.717) is 5.75 Å². The van der Waals surface area contributed by atoms with Gasteiger partial charge in [0.1, 0.15) is 5.75 Å². The maximum atomic E-state index is 11.7. The summed E-state index contributed by atoms with van der Waals surface area (Å²) in [6.45, 7) is 1.94. The first-order valence-electron chi connectivity index (χ1n) is 6.56. The van der Waals surface area contributed by atoms with Gasteiger partial charge in [0.2, 0.25) is 0 Å². The van der Waals surface area contributed by atoms with Crippen molar-refractivity contribution in [2.45, 2.75) is 6.92 Å². The molecule has 0 aliphatic heterocycles. The minimum Gasteiger partial charge on any atom is -0.496 e. The highest BCUT2D eigenvalue weighted by molar-refractivity contribution is 5.96. The number of nitrogens with one attached hydrogen (secondary N) is 2. The van der Waals surface area contributed by atoms with E-state index in [9.17, 15) is 9.59 Å². The lowest BCUT2D eigenvalue weighted by molar-refractivity contribution is -0.117. The topological polar surface area (TPSA) is 80.6 Å². The van der Waals surface area contributed by atoms with Crippen molar-refractivity contribution in [1.29, 1.82) is 0 Å². The van der Waals surface area contributed by atoms with E-state index in [-0.39, 0.29) is 5.76 Å². The van der Waals surface area contributed by atoms with E-state index < -0.39 is 11.8 Å². The van der Waals surface area contributed by atoms with Gasteiger partial charge in [-0.3, -0.25) is 20.4 Å². The fourth-order valence-electron chi connectivity index (χ4n) is 1.78. The number of carbonyl (C=O) groups is 2. The second-order valence-corrected chi connectivity index (χ2v) is 4.50. The van der Waals surface area contributed by atoms with Crippen molar-refractivity contribution in [3.8, 4) is 5.75 Å². The zero-order valence-corrected chi connectivity index (χ0v) is 12.3. The van der Waals surface area contributed by atoms with Crippen molar-refractivity contribution in [3.05, 3.63) is 59.6 Å². The summed E-state index contributed by atoms with van der Waals surface area (Å²) in [6, 6.07) is 8.71. The van der Waals surface area contributed by atoms with Crippen molar-refractivity contribution < 1.29 is 18.7 Å². The van der Waals surface area contributed by atoms with Crippen LogP contribution in [0.4, 0.5) is 0 Å². The molecule has 0 fully saturated rings. The molecule has 6 heteroatoms. The number of ether oxygens (including phenoxy) is 1. The molecule has 22 heavy (non-hydrogen) atoms. The highest BCUT2D eigenvalue weighted by atomic mass is 16.5. The van der Waals surface area contributed by atoms with Gasteiger partial charge in [-0.05, 0) is 37.3 Å². The van der Waals surface area contributed by atoms with Crippen molar-refractivity contribution in [2.24, 2.45) is 0 Å². The molecule has 0 saturated carbocycles. The summed E-state index contributed by atoms with van der Waals surface area (Å²) in [5.41, 5.74) is 6.33. The molecule has 0 radical (unpaired) electrons. The maximum absolute atomic E-state index is 11.7. The number of methoxy groups -OCH3 is 1. The van der Waals surface area contributed by atoms with Crippen LogP contribution >= 0.6 is 0 Å². The smallest absolute Gasteiger partial charge is 0.305 e. The summed E-state index contributed by atoms with van der Waals surface area (Å²) < 4.78 is 10.1. The maximum Gasteiger partial charge on any atom is 0.305 e. The first-order valence-corrected chi connectivity index (χ1v) is 6.56. The van der Waals surface area contributed by atoms with E-state index in [0.717, 1.165) is 11.1 Å². The first kappa shape index (κ1) is 15.4. The molecule has 2 rings (SSSR count). The van der Waals surface area contributed by atoms with Gasteiger partial charge in [0.25, 0.3) is 5.91 Å². The van der Waals surface area contributed by atoms with Crippen LogP contribution in [-0.2, 0) is 4.79 Å². The fourth-order valence-corrected chi connectivity index (χ4v) is 1.78. The van der Waals surface area contributed by atoms with Gasteiger partial charge < -0.3 is 9.15 Å². The van der Waals surface area contributed by atoms with Gasteiger partial charge in [0.05, 0.1) is 13.4 Å². The van der Waals surface area contributed by atoms with E-state index in [1.807, 2.05) is 25.1 Å². The van der Waals surface area contributed by atoms with Crippen LogP contribution in [-0.4, -0.2) is 18.9 Å². The Morgan fingerprint density at radius 2 is 2.05 bits per heavy atom. The van der Waals surface area contributed by atoms with Gasteiger partial charge >= 0.3 is 5.91 Å². The molecule has 1 heterocycles. The molecule has 1 aromatic carbocycles. The van der Waals surface area contributed by atoms with E-state index in [4.69, 9.17) is 9.15 Å². The number of hydrazine groups is 1. The largest absolute Gasteiger partial charge is 0.496 e. The standard InChI is InChI=1S/C16H16N2O4/c1-11-5-7-13(21-2)12(10-11)6-8-15(19)17-18-16(20)14-4-3-9-22-14/h3-10H,1-2H3,(H,17,19)(H,18,20)/b8-6+. The summed E-state index contributed by atoms with van der Waals surface area (Å²) in [6.07, 6.45) is 4.29. The number of hydrogen-bond donors (Lipinski definition) is 2. The molecule has 2 amide bonds. The molecule has 1 aromatic heterocycles. The molecule has 0 aliphatic rings. The Morgan fingerprint density at radius 1 is 1.23 bits per heavy atom. The normalized spacial score (nSPS) is 10.5. The Bertz CT molecular complexity index is 690. The average Bonchev–Trinajstić information content (AvgIpc) is 3.05. The summed E-state index contributed by atoms with van der Waals surface area (Å²) in [7, 11) is 1.56. The van der Waals surface area contributed by atoms with Crippen LogP contribution in [0.5, 0.6) is 5.75 Å². The third-order valence-electron chi connectivity index (χ3n) is 2.84. The number of hydrogen-bond acceptors (Lipinski definition) is 4. The molecule has 0 saturated heterocycles. The molecular weight excluding hydrogens is 284 g/mol. The minimum atomic E-state index is -0.528. The summed E-state index contributed by atoms with van der Waals surface area (Å²) in [5.74, 6) is -0.220. The SMILES string of the molecule is COc1ccc(C)cc1/C=C/C(=O)NNC(=O)c1ccco1. The van der Waals surface area contributed by atoms with Gasteiger partial charge in [0.15, 0.2) is 5.76 Å². The summed E-state index contributed by atoms with van der Waals surface area (Å²) in [5, 5.41) is 0. The molecule has 2 aromatic rings. The van der Waals surface area contributed by atoms with Gasteiger partial charge in [-0.1, -0.05) is 11.6 Å². The molecule has 0 spiro atoms. The van der Waals surface area contributed by atoms with Crippen molar-refractivity contribution >= 4 is 17.9 Å². The average molecular weight is 300 g/mol. The molecule has 0 atom stereocenters. The van der Waals surface area contributed by atoms with Crippen molar-refractivity contribution in [3.63, 3.8) is 0 Å². The minimum absolute atomic E-state index is 0.115. The molecule has 2 N–H and O–H groups in total. The lowest BCUT2D eigenvalue weighted by Gasteiger charge is -2.06. The molecule has 0 bridgehead atoms. The number of amides is 2. The fraction of sp³-hybridized carbons (Fsp3) is 0.125. The third-order valence-corrected chi connectivity index (χ3v) is 2.84. The van der Waals surface area contributed by atoms with Gasteiger partial charge in [-0.25, -0.2) is 0 Å². The van der Waals surface area contributed by atoms with E-state index >= 15 is 0 Å². The second kappa shape index (κ2) is 7.12. The number of furan rings is 1. The van der Waals surface area contributed by atoms with Crippen LogP contribution in [0.15, 0.2) is 47.1 Å². The van der Waals surface area contributed by atoms with Crippen LogP contribution in [0.25, 0.3) is 6.08 Å². The first-order chi connectivity index (χ1) is 10.6. The van der Waals surface area contributed by atoms with Gasteiger partial charge in [0, 0.05) is 11.6 Å². The Hall–Kier alpha value is -3.02. The van der Waals surface area contributed by atoms with Crippen LogP contribution in [0.2, 0.25) is 0 Å². The highest BCUT2D eigenvalue weighted by Crippen LogP contribution is 2.20. The van der Waals surface area contributed by atoms with Crippen LogP contribution in [0, 0.1) is 6.92 Å². The molecule has 0 unspecified atom stereocenters. The van der Waals surface area contributed by atoms with E-state index in [2.05, 4.69) is 10.9 Å². The highest BCUT2D eigenvalue weighted by Gasteiger charge is 2.08. The van der Waals surface area contributed by atoms with Crippen molar-refractivity contribution in [2.75, 3.05) is 7.11 Å². The number of benzene rings is 1. The zero-order chi connectivity index (χ0) is 15.9. The Morgan fingerprint density at radius 3 is 2.73 bits per heavy atom. The Balaban J connectivity index is 1.94. The van der Waals surface area contributed by atoms with E-state index in [1.54, 1.807) is 19.3 Å². The lowest BCUT2D eigenvalue weighted by Crippen LogP contribution is -2.40. The van der Waals surface area contributed by atoms with Crippen molar-refractivity contribution in [1.82, 2.24) is 10.9 Å². The predicted octanol–water partition coefficient (Wildman–Crippen LogP) is 2.07. The third kappa shape index (κ3) is 3.99. The Labute approximate surface area is 127 Å². The van der Waals surface area contributed by atoms with Crippen LogP contribution < -0.4 is 15.6 Å². The monoisotopic (exact) mass is 300 g/mol.